The monoisotopic (exact) mass is 588 g/mol. The normalized spacial score (nSPS) is 26.0. The van der Waals surface area contributed by atoms with Crippen LogP contribution in [-0.4, -0.2) is 10.4 Å². The molecule has 0 aromatic heterocycles. The van der Waals surface area contributed by atoms with Crippen molar-refractivity contribution in [3.05, 3.63) is 118 Å². The SMILES string of the molecule is C/C=C\C(=C/CC)C1(c2ccccc2)OC2=Cc3c(O)cc4c(c3CC2S1)-c1ccccc1C41CC(C)(C)CC(C)(C)C1. The number of thioether (sulfide) groups is 1. The zero-order valence-corrected chi connectivity index (χ0v) is 27.3. The minimum absolute atomic E-state index is 0.0935. The average molecular weight is 589 g/mol. The van der Waals surface area contributed by atoms with Crippen molar-refractivity contribution in [2.75, 3.05) is 0 Å². The van der Waals surface area contributed by atoms with Crippen LogP contribution in [0.5, 0.6) is 5.75 Å². The first kappa shape index (κ1) is 28.6. The molecule has 0 bridgehead atoms. The second-order valence-electron chi connectivity index (χ2n) is 14.7. The summed E-state index contributed by atoms with van der Waals surface area (Å²) in [6.45, 7) is 14.0. The molecule has 0 radical (unpaired) electrons. The van der Waals surface area contributed by atoms with Gasteiger partial charge in [0.15, 0.2) is 0 Å². The minimum Gasteiger partial charge on any atom is -0.507 e. The summed E-state index contributed by atoms with van der Waals surface area (Å²) in [6.07, 6.45) is 13.9. The highest BCUT2D eigenvalue weighted by Crippen LogP contribution is 2.66. The lowest BCUT2D eigenvalue weighted by Gasteiger charge is -2.51. The van der Waals surface area contributed by atoms with Crippen LogP contribution < -0.4 is 0 Å². The van der Waals surface area contributed by atoms with Crippen LogP contribution in [0.2, 0.25) is 0 Å². The van der Waals surface area contributed by atoms with Crippen LogP contribution in [0, 0.1) is 10.8 Å². The largest absolute Gasteiger partial charge is 0.507 e. The molecule has 2 fully saturated rings. The predicted octanol–water partition coefficient (Wildman–Crippen LogP) is 10.7. The molecular formula is C40H44O2S. The predicted molar refractivity (Wildman–Crippen MR) is 181 cm³/mol. The molecule has 2 nitrogen and oxygen atoms in total. The van der Waals surface area contributed by atoms with Gasteiger partial charge in [0.2, 0.25) is 4.93 Å². The quantitative estimate of drug-likeness (QED) is 0.307. The van der Waals surface area contributed by atoms with Crippen LogP contribution in [0.3, 0.4) is 0 Å². The molecule has 1 saturated carbocycles. The zero-order valence-electron chi connectivity index (χ0n) is 26.5. The summed E-state index contributed by atoms with van der Waals surface area (Å²) in [4.78, 5) is -0.627. The van der Waals surface area contributed by atoms with Gasteiger partial charge in [-0.2, -0.15) is 0 Å². The molecule has 7 rings (SSSR count). The van der Waals surface area contributed by atoms with Crippen molar-refractivity contribution in [3.8, 4) is 16.9 Å². The maximum atomic E-state index is 11.8. The van der Waals surface area contributed by atoms with E-state index < -0.39 is 4.93 Å². The second kappa shape index (κ2) is 9.92. The number of hydrogen-bond acceptors (Lipinski definition) is 3. The minimum atomic E-state index is -0.627. The summed E-state index contributed by atoms with van der Waals surface area (Å²) in [5, 5.41) is 11.9. The Bertz CT molecular complexity index is 1670. The number of ether oxygens (including phenoxy) is 1. The Morgan fingerprint density at radius 2 is 1.65 bits per heavy atom. The Morgan fingerprint density at radius 1 is 0.953 bits per heavy atom. The van der Waals surface area contributed by atoms with Gasteiger partial charge >= 0.3 is 0 Å². The number of hydrogen-bond donors (Lipinski definition) is 1. The molecule has 1 N–H and O–H groups in total. The molecular weight excluding hydrogens is 545 g/mol. The fraction of sp³-hybridized carbons (Fsp3) is 0.400. The van der Waals surface area contributed by atoms with Crippen molar-refractivity contribution in [1.29, 1.82) is 0 Å². The maximum Gasteiger partial charge on any atom is 0.205 e. The number of aromatic hydroxyl groups is 1. The first-order valence-electron chi connectivity index (χ1n) is 16.0. The van der Waals surface area contributed by atoms with E-state index in [0.717, 1.165) is 42.6 Å². The molecule has 1 saturated heterocycles. The van der Waals surface area contributed by atoms with Crippen LogP contribution in [-0.2, 0) is 21.5 Å². The van der Waals surface area contributed by atoms with Gasteiger partial charge in [0.1, 0.15) is 11.5 Å². The summed E-state index contributed by atoms with van der Waals surface area (Å²) in [5.74, 6) is 1.35. The van der Waals surface area contributed by atoms with Gasteiger partial charge in [-0.05, 0) is 89.8 Å². The van der Waals surface area contributed by atoms with Crippen molar-refractivity contribution in [2.24, 2.45) is 10.8 Å². The van der Waals surface area contributed by atoms with E-state index in [4.69, 9.17) is 4.74 Å². The van der Waals surface area contributed by atoms with Crippen molar-refractivity contribution in [3.63, 3.8) is 0 Å². The number of phenolic OH excluding ortho intramolecular Hbond substituents is 1. The third-order valence-electron chi connectivity index (χ3n) is 10.1. The van der Waals surface area contributed by atoms with E-state index in [2.05, 4.69) is 127 Å². The van der Waals surface area contributed by atoms with Gasteiger partial charge in [-0.25, -0.2) is 0 Å². The molecule has 0 amide bonds. The summed E-state index contributed by atoms with van der Waals surface area (Å²) >= 11 is 1.91. The van der Waals surface area contributed by atoms with E-state index in [9.17, 15) is 5.11 Å². The molecule has 2 unspecified atom stereocenters. The number of fused-ring (bicyclic) bond motifs is 8. The molecule has 222 valence electrons. The Labute approximate surface area is 262 Å². The highest BCUT2D eigenvalue weighted by molar-refractivity contribution is 8.01. The summed E-state index contributed by atoms with van der Waals surface area (Å²) in [6, 6.07) is 21.9. The van der Waals surface area contributed by atoms with Gasteiger partial charge in [-0.1, -0.05) is 119 Å². The van der Waals surface area contributed by atoms with Crippen LogP contribution in [0.25, 0.3) is 17.2 Å². The van der Waals surface area contributed by atoms with Crippen LogP contribution in [0.4, 0.5) is 0 Å². The van der Waals surface area contributed by atoms with E-state index in [1.807, 2.05) is 11.8 Å². The molecule has 2 atom stereocenters. The molecule has 3 heteroatoms. The van der Waals surface area contributed by atoms with Crippen LogP contribution >= 0.6 is 11.8 Å². The molecule has 3 aliphatic carbocycles. The molecule has 4 aliphatic rings. The molecule has 1 aliphatic heterocycles. The summed E-state index contributed by atoms with van der Waals surface area (Å²) in [7, 11) is 0. The number of rotatable bonds is 4. The van der Waals surface area contributed by atoms with Crippen LogP contribution in [0.15, 0.2) is 90.2 Å². The third kappa shape index (κ3) is 4.37. The summed E-state index contributed by atoms with van der Waals surface area (Å²) in [5.41, 5.74) is 10.4. The first-order valence-corrected chi connectivity index (χ1v) is 16.9. The van der Waals surface area contributed by atoms with Crippen LogP contribution in [0.1, 0.15) is 95.0 Å². The van der Waals surface area contributed by atoms with Gasteiger partial charge in [-0.15, -0.1) is 0 Å². The third-order valence-corrected chi connectivity index (χ3v) is 11.6. The lowest BCUT2D eigenvalue weighted by atomic mass is 9.52. The Hall–Kier alpha value is -3.17. The fourth-order valence-corrected chi connectivity index (χ4v) is 11.0. The van der Waals surface area contributed by atoms with Crippen molar-refractivity contribution < 1.29 is 9.84 Å². The van der Waals surface area contributed by atoms with Crippen molar-refractivity contribution in [2.45, 2.75) is 89.2 Å². The van der Waals surface area contributed by atoms with Gasteiger partial charge in [0, 0.05) is 22.1 Å². The van der Waals surface area contributed by atoms with E-state index in [1.54, 1.807) is 0 Å². The first-order chi connectivity index (χ1) is 20.5. The van der Waals surface area contributed by atoms with E-state index in [1.165, 1.54) is 39.8 Å². The van der Waals surface area contributed by atoms with Gasteiger partial charge in [0.25, 0.3) is 0 Å². The highest BCUT2D eigenvalue weighted by atomic mass is 32.2. The second-order valence-corrected chi connectivity index (χ2v) is 16.1. The Morgan fingerprint density at radius 3 is 2.35 bits per heavy atom. The van der Waals surface area contributed by atoms with E-state index in [0.29, 0.717) is 5.75 Å². The molecule has 43 heavy (non-hydrogen) atoms. The van der Waals surface area contributed by atoms with Gasteiger partial charge < -0.3 is 9.84 Å². The van der Waals surface area contributed by atoms with E-state index >= 15 is 0 Å². The number of benzene rings is 3. The zero-order chi connectivity index (χ0) is 30.2. The molecule has 3 aromatic rings. The van der Waals surface area contributed by atoms with Crippen molar-refractivity contribution in [1.82, 2.24) is 0 Å². The molecule has 1 heterocycles. The van der Waals surface area contributed by atoms with E-state index in [-0.39, 0.29) is 21.5 Å². The Kier molecular flexibility index (Phi) is 6.60. The highest BCUT2D eigenvalue weighted by Gasteiger charge is 2.55. The van der Waals surface area contributed by atoms with Gasteiger partial charge in [0.05, 0.1) is 5.25 Å². The van der Waals surface area contributed by atoms with Gasteiger partial charge in [-0.3, -0.25) is 0 Å². The topological polar surface area (TPSA) is 29.5 Å². The van der Waals surface area contributed by atoms with Crippen molar-refractivity contribution >= 4 is 17.8 Å². The number of allylic oxidation sites excluding steroid dienone is 2. The molecule has 1 spiro atoms. The Balaban J connectivity index is 1.40. The lowest BCUT2D eigenvalue weighted by Crippen LogP contribution is -2.44. The average Bonchev–Trinajstić information content (AvgIpc) is 3.45. The molecule has 3 aromatic carbocycles. The smallest absolute Gasteiger partial charge is 0.205 e. The maximum absolute atomic E-state index is 11.8. The number of phenols is 1. The fourth-order valence-electron chi connectivity index (χ4n) is 9.45. The summed E-state index contributed by atoms with van der Waals surface area (Å²) < 4.78 is 7.06. The lowest BCUT2D eigenvalue weighted by molar-refractivity contribution is 0.0645. The standard InChI is InChI=1S/C40H44O2S/c1-7-14-26(15-8-2)40(27-16-10-9-11-17-27)42-34-20-29-30(21-35(34)43-40)36-28-18-12-13-19-31(28)39(32(36)22-33(29)41)24-37(3,4)23-38(5,6)25-39/h7,9-20,22,35,41H,8,21,23-25H2,1-6H3/b14-7-,26-15+.